The Balaban J connectivity index is 1.65. The van der Waals surface area contributed by atoms with Crippen molar-refractivity contribution in [1.29, 1.82) is 0 Å². The first-order chi connectivity index (χ1) is 14.1. The van der Waals surface area contributed by atoms with E-state index in [4.69, 9.17) is 4.99 Å². The maximum atomic E-state index is 4.81. The maximum Gasteiger partial charge on any atom is 0.191 e. The number of nitrogens with one attached hydrogen (secondary N) is 2. The Bertz CT molecular complexity index is 773. The number of anilines is 1. The third-order valence-corrected chi connectivity index (χ3v) is 6.35. The molecule has 0 aliphatic carbocycles. The molecule has 2 N–H and O–H groups in total. The molecule has 1 saturated heterocycles. The van der Waals surface area contributed by atoms with Crippen molar-refractivity contribution in [3.05, 3.63) is 46.3 Å². The molecule has 7 heteroatoms. The molecule has 1 aliphatic heterocycles. The molecule has 158 valence electrons. The van der Waals surface area contributed by atoms with Crippen LogP contribution >= 0.6 is 11.3 Å². The molecule has 2 aromatic heterocycles. The minimum absolute atomic E-state index is 0.488. The lowest BCUT2D eigenvalue weighted by atomic mass is 9.88. The fraction of sp³-hybridized carbons (Fsp3) is 0.545. The highest BCUT2D eigenvalue weighted by molar-refractivity contribution is 7.10. The van der Waals surface area contributed by atoms with Crippen LogP contribution in [-0.2, 0) is 6.54 Å². The first-order valence-corrected chi connectivity index (χ1v) is 11.3. The molecule has 2 atom stereocenters. The summed E-state index contributed by atoms with van der Waals surface area (Å²) in [5, 5.41) is 9.18. The highest BCUT2D eigenvalue weighted by atomic mass is 32.1. The van der Waals surface area contributed by atoms with Crippen LogP contribution < -0.4 is 15.5 Å². The number of nitrogens with zero attached hydrogens (tertiary/aromatic N) is 4. The van der Waals surface area contributed by atoms with Crippen LogP contribution in [0, 0.1) is 5.92 Å². The van der Waals surface area contributed by atoms with Crippen LogP contribution in [0.2, 0.25) is 0 Å². The SMILES string of the molecule is CCNC(=NCc1ccnc(N(C)C)c1)NCC1CCCN(C)C1c1cccs1. The number of aliphatic imine (C=N–C) groups is 1. The van der Waals surface area contributed by atoms with Crippen LogP contribution in [0.25, 0.3) is 0 Å². The Morgan fingerprint density at radius 3 is 2.93 bits per heavy atom. The smallest absolute Gasteiger partial charge is 0.191 e. The minimum Gasteiger partial charge on any atom is -0.363 e. The second-order valence-electron chi connectivity index (χ2n) is 7.84. The molecule has 0 bridgehead atoms. The van der Waals surface area contributed by atoms with Gasteiger partial charge in [0.05, 0.1) is 6.54 Å². The topological polar surface area (TPSA) is 55.8 Å². The molecule has 2 aromatic rings. The van der Waals surface area contributed by atoms with Crippen molar-refractivity contribution < 1.29 is 0 Å². The summed E-state index contributed by atoms with van der Waals surface area (Å²) in [5.41, 5.74) is 1.16. The molecule has 29 heavy (non-hydrogen) atoms. The van der Waals surface area contributed by atoms with Gasteiger partial charge in [0, 0.05) is 44.3 Å². The molecule has 0 saturated carbocycles. The summed E-state index contributed by atoms with van der Waals surface area (Å²) in [4.78, 5) is 15.2. The van der Waals surface area contributed by atoms with Gasteiger partial charge in [0.1, 0.15) is 5.82 Å². The van der Waals surface area contributed by atoms with Gasteiger partial charge in [-0.1, -0.05) is 6.07 Å². The fourth-order valence-corrected chi connectivity index (χ4v) is 4.91. The number of rotatable bonds is 7. The van der Waals surface area contributed by atoms with Crippen molar-refractivity contribution in [1.82, 2.24) is 20.5 Å². The summed E-state index contributed by atoms with van der Waals surface area (Å²) >= 11 is 1.87. The second kappa shape index (κ2) is 10.6. The van der Waals surface area contributed by atoms with Crippen molar-refractivity contribution in [2.75, 3.05) is 45.7 Å². The summed E-state index contributed by atoms with van der Waals surface area (Å²) in [5.74, 6) is 2.42. The predicted octanol–water partition coefficient (Wildman–Crippen LogP) is 3.35. The van der Waals surface area contributed by atoms with E-state index in [0.717, 1.165) is 30.4 Å². The third-order valence-electron chi connectivity index (χ3n) is 5.41. The van der Waals surface area contributed by atoms with Gasteiger partial charge in [0.2, 0.25) is 0 Å². The van der Waals surface area contributed by atoms with E-state index < -0.39 is 0 Å². The molecule has 6 nitrogen and oxygen atoms in total. The summed E-state index contributed by atoms with van der Waals surface area (Å²) in [6.07, 6.45) is 4.35. The van der Waals surface area contributed by atoms with Crippen LogP contribution in [0.15, 0.2) is 40.8 Å². The molecule has 3 heterocycles. The number of piperidine rings is 1. The van der Waals surface area contributed by atoms with Crippen molar-refractivity contribution in [2.45, 2.75) is 32.4 Å². The van der Waals surface area contributed by atoms with Crippen LogP contribution in [0.4, 0.5) is 5.82 Å². The monoisotopic (exact) mass is 414 g/mol. The molecule has 3 rings (SSSR count). The van der Waals surface area contributed by atoms with Gasteiger partial charge in [-0.3, -0.25) is 4.90 Å². The van der Waals surface area contributed by atoms with Crippen LogP contribution in [0.3, 0.4) is 0 Å². The molecule has 2 unspecified atom stereocenters. The minimum atomic E-state index is 0.488. The van der Waals surface area contributed by atoms with Crippen molar-refractivity contribution in [2.24, 2.45) is 10.9 Å². The van der Waals surface area contributed by atoms with Crippen molar-refractivity contribution in [3.8, 4) is 0 Å². The van der Waals surface area contributed by atoms with E-state index in [1.54, 1.807) is 0 Å². The number of likely N-dealkylation sites (tertiary alicyclic amines) is 1. The predicted molar refractivity (Wildman–Crippen MR) is 124 cm³/mol. The molecular formula is C22H34N6S. The lowest BCUT2D eigenvalue weighted by Gasteiger charge is -2.39. The highest BCUT2D eigenvalue weighted by Crippen LogP contribution is 2.36. The standard InChI is InChI=1S/C22H34N6S/c1-5-23-22(25-15-17-10-11-24-20(14-17)27(2)3)26-16-18-8-6-12-28(4)21(18)19-9-7-13-29-19/h7,9-11,13-14,18,21H,5-6,8,12,15-16H2,1-4H3,(H2,23,25,26). The highest BCUT2D eigenvalue weighted by Gasteiger charge is 2.31. The Kier molecular flexibility index (Phi) is 7.89. The lowest BCUT2D eigenvalue weighted by molar-refractivity contribution is 0.125. The molecule has 0 amide bonds. The van der Waals surface area contributed by atoms with Crippen molar-refractivity contribution >= 4 is 23.1 Å². The first kappa shape index (κ1) is 21.6. The van der Waals surface area contributed by atoms with Gasteiger partial charge in [-0.15, -0.1) is 11.3 Å². The number of pyridine rings is 1. The van der Waals surface area contributed by atoms with E-state index in [0.29, 0.717) is 18.5 Å². The number of aromatic nitrogens is 1. The maximum absolute atomic E-state index is 4.81. The van der Waals surface area contributed by atoms with E-state index in [9.17, 15) is 0 Å². The quantitative estimate of drug-likeness (QED) is 0.538. The van der Waals surface area contributed by atoms with Gasteiger partial charge in [0.25, 0.3) is 0 Å². The van der Waals surface area contributed by atoms with Gasteiger partial charge in [0.15, 0.2) is 5.96 Å². The van der Waals surface area contributed by atoms with Crippen LogP contribution in [0.5, 0.6) is 0 Å². The average Bonchev–Trinajstić information content (AvgIpc) is 3.24. The normalized spacial score (nSPS) is 20.5. The number of hydrogen-bond donors (Lipinski definition) is 2. The van der Waals surface area contributed by atoms with Crippen LogP contribution in [-0.4, -0.2) is 56.6 Å². The van der Waals surface area contributed by atoms with Gasteiger partial charge in [-0.05, 0) is 68.4 Å². The zero-order valence-electron chi connectivity index (χ0n) is 18.1. The Morgan fingerprint density at radius 2 is 2.21 bits per heavy atom. The largest absolute Gasteiger partial charge is 0.363 e. The van der Waals surface area contributed by atoms with Crippen molar-refractivity contribution in [3.63, 3.8) is 0 Å². The van der Waals surface area contributed by atoms with Gasteiger partial charge in [-0.2, -0.15) is 0 Å². The van der Waals surface area contributed by atoms with E-state index in [2.05, 4.69) is 58.1 Å². The first-order valence-electron chi connectivity index (χ1n) is 10.5. The van der Waals surface area contributed by atoms with E-state index >= 15 is 0 Å². The number of guanidine groups is 1. The molecule has 0 spiro atoms. The molecule has 1 fully saturated rings. The molecule has 0 aromatic carbocycles. The third kappa shape index (κ3) is 5.93. The van der Waals surface area contributed by atoms with Gasteiger partial charge >= 0.3 is 0 Å². The number of thiophene rings is 1. The van der Waals surface area contributed by atoms with E-state index in [1.165, 1.54) is 24.3 Å². The summed E-state index contributed by atoms with van der Waals surface area (Å²) in [6.45, 7) is 5.69. The Hall–Kier alpha value is -2.12. The summed E-state index contributed by atoms with van der Waals surface area (Å²) in [7, 11) is 6.26. The van der Waals surface area contributed by atoms with Crippen LogP contribution in [0.1, 0.15) is 36.2 Å². The molecule has 1 aliphatic rings. The second-order valence-corrected chi connectivity index (χ2v) is 8.82. The zero-order valence-corrected chi connectivity index (χ0v) is 18.9. The lowest BCUT2D eigenvalue weighted by Crippen LogP contribution is -2.44. The zero-order chi connectivity index (χ0) is 20.6. The Morgan fingerprint density at radius 1 is 1.34 bits per heavy atom. The number of hydrogen-bond acceptors (Lipinski definition) is 5. The summed E-state index contributed by atoms with van der Waals surface area (Å²) in [6, 6.07) is 9.05. The molecular weight excluding hydrogens is 380 g/mol. The molecule has 0 radical (unpaired) electrons. The summed E-state index contributed by atoms with van der Waals surface area (Å²) < 4.78 is 0. The van der Waals surface area contributed by atoms with Gasteiger partial charge < -0.3 is 15.5 Å². The van der Waals surface area contributed by atoms with E-state index in [1.807, 2.05) is 42.6 Å². The van der Waals surface area contributed by atoms with Gasteiger partial charge in [-0.25, -0.2) is 9.98 Å². The average molecular weight is 415 g/mol. The fourth-order valence-electron chi connectivity index (χ4n) is 3.93. The van der Waals surface area contributed by atoms with E-state index in [-0.39, 0.29) is 0 Å². The Labute approximate surface area is 179 Å².